The number of phosphoric acid groups is 2. The summed E-state index contributed by atoms with van der Waals surface area (Å²) in [7, 11) is -9.92. The fraction of sp³-hybridized carbons (Fsp3) is 0.949. The van der Waals surface area contributed by atoms with Crippen molar-refractivity contribution < 1.29 is 80.2 Å². The first kappa shape index (κ1) is 96.1. The fourth-order valence-electron chi connectivity index (χ4n) is 12.1. The predicted molar refractivity (Wildman–Crippen MR) is 400 cm³/mol. The minimum atomic E-state index is -4.96. The average molecular weight is 1440 g/mol. The van der Waals surface area contributed by atoms with E-state index in [1.807, 2.05) is 0 Å². The van der Waals surface area contributed by atoms with Gasteiger partial charge >= 0.3 is 39.5 Å². The molecular formula is C79H154O17P2. The number of aliphatic hydroxyl groups is 1. The van der Waals surface area contributed by atoms with Crippen molar-refractivity contribution in [3.63, 3.8) is 0 Å². The zero-order valence-corrected chi connectivity index (χ0v) is 66.2. The third-order valence-corrected chi connectivity index (χ3v) is 20.2. The van der Waals surface area contributed by atoms with E-state index in [9.17, 15) is 43.2 Å². The Bertz CT molecular complexity index is 1920. The van der Waals surface area contributed by atoms with Gasteiger partial charge in [-0.1, -0.05) is 351 Å². The molecule has 0 aliphatic rings. The first-order valence-electron chi connectivity index (χ1n) is 40.7. The lowest BCUT2D eigenvalue weighted by Crippen LogP contribution is -2.30. The summed E-state index contributed by atoms with van der Waals surface area (Å²) in [5.41, 5.74) is 0. The molecule has 5 atom stereocenters. The third-order valence-electron chi connectivity index (χ3n) is 18.3. The van der Waals surface area contributed by atoms with Gasteiger partial charge in [0.1, 0.15) is 19.3 Å². The van der Waals surface area contributed by atoms with Crippen LogP contribution >= 0.6 is 15.6 Å². The van der Waals surface area contributed by atoms with E-state index in [1.165, 1.54) is 205 Å². The second-order valence-electron chi connectivity index (χ2n) is 30.4. The molecule has 98 heavy (non-hydrogen) atoms. The van der Waals surface area contributed by atoms with E-state index in [2.05, 4.69) is 55.4 Å². The summed E-state index contributed by atoms with van der Waals surface area (Å²) in [6, 6.07) is 0. The van der Waals surface area contributed by atoms with Crippen LogP contribution in [0, 0.1) is 23.7 Å². The van der Waals surface area contributed by atoms with Gasteiger partial charge in [0.25, 0.3) is 0 Å². The van der Waals surface area contributed by atoms with Crippen LogP contribution < -0.4 is 0 Å². The fourth-order valence-corrected chi connectivity index (χ4v) is 13.7. The van der Waals surface area contributed by atoms with Crippen LogP contribution in [0.2, 0.25) is 0 Å². The maximum absolute atomic E-state index is 13.1. The lowest BCUT2D eigenvalue weighted by molar-refractivity contribution is -0.161. The molecular weight excluding hydrogens is 1280 g/mol. The Kier molecular flexibility index (Phi) is 66.8. The molecule has 0 spiro atoms. The zero-order valence-electron chi connectivity index (χ0n) is 64.4. The van der Waals surface area contributed by atoms with E-state index >= 15 is 0 Å². The van der Waals surface area contributed by atoms with Gasteiger partial charge in [0.2, 0.25) is 0 Å². The standard InChI is InChI=1S/C79H154O17P2/c1-69(2)55-47-39-31-23-18-15-13-11-9-10-12-14-16-20-26-37-45-53-61-78(83)95-74(65-89-76(81)59-51-43-35-28-22-25-33-41-49-57-71(5)6)67-93-97(85,86)91-63-73(80)64-92-98(87,88)94-68-75(66-90-77(82)60-52-44-36-30-29-34-42-50-58-72(7)8)96-79(84)62-54-46-38-27-21-17-19-24-32-40-48-56-70(3)4/h69-75,80H,9-68H2,1-8H3,(H,85,86)(H,87,88)/t73?,74-,75-/m1/s1. The minimum absolute atomic E-state index is 0.106. The smallest absolute Gasteiger partial charge is 0.462 e. The molecule has 0 rings (SSSR count). The van der Waals surface area contributed by atoms with Crippen molar-refractivity contribution in [3.8, 4) is 0 Å². The summed E-state index contributed by atoms with van der Waals surface area (Å²) in [6.07, 6.45) is 54.2. The number of aliphatic hydroxyl groups excluding tert-OH is 1. The number of rotatable bonds is 76. The molecule has 582 valence electrons. The van der Waals surface area contributed by atoms with Gasteiger partial charge in [-0.25, -0.2) is 9.13 Å². The molecule has 0 radical (unpaired) electrons. The number of hydrogen-bond acceptors (Lipinski definition) is 15. The second-order valence-corrected chi connectivity index (χ2v) is 33.3. The number of carbonyl (C=O) groups is 4. The van der Waals surface area contributed by atoms with Crippen molar-refractivity contribution in [1.82, 2.24) is 0 Å². The molecule has 0 aromatic carbocycles. The molecule has 0 aromatic heterocycles. The number of esters is 4. The van der Waals surface area contributed by atoms with Crippen LogP contribution in [0.4, 0.5) is 0 Å². The average Bonchev–Trinajstić information content (AvgIpc) is 0.977. The molecule has 0 amide bonds. The summed E-state index contributed by atoms with van der Waals surface area (Å²) in [5, 5.41) is 10.6. The topological polar surface area (TPSA) is 237 Å². The normalized spacial score (nSPS) is 14.1. The highest BCUT2D eigenvalue weighted by atomic mass is 31.2. The van der Waals surface area contributed by atoms with Gasteiger partial charge in [-0.05, 0) is 49.4 Å². The molecule has 0 bridgehead atoms. The highest BCUT2D eigenvalue weighted by molar-refractivity contribution is 7.47. The Balaban J connectivity index is 5.22. The van der Waals surface area contributed by atoms with Crippen molar-refractivity contribution in [2.75, 3.05) is 39.6 Å². The summed E-state index contributed by atoms with van der Waals surface area (Å²) in [5.74, 6) is 0.938. The van der Waals surface area contributed by atoms with Crippen molar-refractivity contribution in [1.29, 1.82) is 0 Å². The van der Waals surface area contributed by atoms with E-state index in [1.54, 1.807) is 0 Å². The number of carbonyl (C=O) groups excluding carboxylic acids is 4. The largest absolute Gasteiger partial charge is 0.472 e. The van der Waals surface area contributed by atoms with Crippen molar-refractivity contribution in [2.24, 2.45) is 23.7 Å². The van der Waals surface area contributed by atoms with E-state index in [-0.39, 0.29) is 25.7 Å². The molecule has 3 unspecified atom stereocenters. The van der Waals surface area contributed by atoms with Crippen LogP contribution in [0.3, 0.4) is 0 Å². The van der Waals surface area contributed by atoms with Gasteiger partial charge in [0.05, 0.1) is 26.4 Å². The second kappa shape index (κ2) is 68.2. The molecule has 0 aliphatic carbocycles. The van der Waals surface area contributed by atoms with Crippen LogP contribution in [-0.2, 0) is 65.4 Å². The summed E-state index contributed by atoms with van der Waals surface area (Å²) in [4.78, 5) is 72.9. The van der Waals surface area contributed by atoms with E-state index < -0.39 is 97.5 Å². The van der Waals surface area contributed by atoms with Crippen molar-refractivity contribution in [3.05, 3.63) is 0 Å². The van der Waals surface area contributed by atoms with Crippen LogP contribution in [-0.4, -0.2) is 96.7 Å². The Labute approximate surface area is 600 Å². The van der Waals surface area contributed by atoms with Gasteiger partial charge < -0.3 is 33.8 Å². The van der Waals surface area contributed by atoms with E-state index in [0.29, 0.717) is 25.7 Å². The highest BCUT2D eigenvalue weighted by Crippen LogP contribution is 2.45. The van der Waals surface area contributed by atoms with Gasteiger partial charge in [-0.15, -0.1) is 0 Å². The number of phosphoric ester groups is 2. The lowest BCUT2D eigenvalue weighted by Gasteiger charge is -2.21. The number of hydrogen-bond donors (Lipinski definition) is 3. The van der Waals surface area contributed by atoms with E-state index in [4.69, 9.17) is 37.0 Å². The van der Waals surface area contributed by atoms with Crippen LogP contribution in [0.1, 0.15) is 402 Å². The Hall–Kier alpha value is -1.94. The summed E-state index contributed by atoms with van der Waals surface area (Å²) >= 11 is 0. The van der Waals surface area contributed by atoms with Crippen LogP contribution in [0.15, 0.2) is 0 Å². The number of unbranched alkanes of at least 4 members (excludes halogenated alkanes) is 42. The SMILES string of the molecule is CC(C)CCCCCCCCCCCCCCCCCCCCC(=O)O[C@H](COC(=O)CCCCCCCCCCCC(C)C)COP(=O)(O)OCC(O)COP(=O)(O)OC[C@@H](COC(=O)CCCCCCCCCCC(C)C)OC(=O)CCCCCCCCCCCCCC(C)C. The van der Waals surface area contributed by atoms with Crippen LogP contribution in [0.5, 0.6) is 0 Å². The van der Waals surface area contributed by atoms with Crippen LogP contribution in [0.25, 0.3) is 0 Å². The first-order chi connectivity index (χ1) is 47.1. The van der Waals surface area contributed by atoms with Crippen molar-refractivity contribution >= 4 is 39.5 Å². The molecule has 0 saturated heterocycles. The zero-order chi connectivity index (χ0) is 72.4. The first-order valence-corrected chi connectivity index (χ1v) is 43.7. The molecule has 0 aliphatic heterocycles. The van der Waals surface area contributed by atoms with Gasteiger partial charge in [-0.3, -0.25) is 37.3 Å². The lowest BCUT2D eigenvalue weighted by atomic mass is 10.0. The summed E-state index contributed by atoms with van der Waals surface area (Å²) < 4.78 is 68.6. The minimum Gasteiger partial charge on any atom is -0.462 e. The van der Waals surface area contributed by atoms with Gasteiger partial charge in [-0.2, -0.15) is 0 Å². The molecule has 3 N–H and O–H groups in total. The molecule has 0 aromatic rings. The van der Waals surface area contributed by atoms with Crippen molar-refractivity contribution in [2.45, 2.75) is 420 Å². The third kappa shape index (κ3) is 72.4. The summed E-state index contributed by atoms with van der Waals surface area (Å²) in [6.45, 7) is 14.2. The maximum Gasteiger partial charge on any atom is 0.472 e. The molecule has 0 saturated carbocycles. The number of ether oxygens (including phenoxy) is 4. The highest BCUT2D eigenvalue weighted by Gasteiger charge is 2.30. The molecule has 0 heterocycles. The quantitative estimate of drug-likeness (QED) is 0.0222. The Morgan fingerprint density at radius 1 is 0.255 bits per heavy atom. The van der Waals surface area contributed by atoms with Gasteiger partial charge in [0.15, 0.2) is 12.2 Å². The Morgan fingerprint density at radius 2 is 0.429 bits per heavy atom. The van der Waals surface area contributed by atoms with Gasteiger partial charge in [0, 0.05) is 25.7 Å². The Morgan fingerprint density at radius 3 is 0.633 bits per heavy atom. The molecule has 19 heteroatoms. The molecule has 0 fully saturated rings. The maximum atomic E-state index is 13.1. The predicted octanol–water partition coefficient (Wildman–Crippen LogP) is 23.2. The van der Waals surface area contributed by atoms with E-state index in [0.717, 1.165) is 114 Å². The molecule has 17 nitrogen and oxygen atoms in total. The monoisotopic (exact) mass is 1440 g/mol.